The van der Waals surface area contributed by atoms with Gasteiger partial charge >= 0.3 is 0 Å². The molecule has 0 saturated heterocycles. The first-order valence-corrected chi connectivity index (χ1v) is 5.11. The molecule has 0 saturated carbocycles. The van der Waals surface area contributed by atoms with Gasteiger partial charge in [-0.1, -0.05) is 12.1 Å². The molecule has 0 fully saturated rings. The molecule has 2 rings (SSSR count). The zero-order valence-corrected chi connectivity index (χ0v) is 9.45. The summed E-state index contributed by atoms with van der Waals surface area (Å²) < 4.78 is 0. The maximum Gasteiger partial charge on any atom is 0.240 e. The lowest BCUT2D eigenvalue weighted by Crippen LogP contribution is -1.77. The second-order valence-corrected chi connectivity index (χ2v) is 3.41. The van der Waals surface area contributed by atoms with E-state index < -0.39 is 0 Å². The van der Waals surface area contributed by atoms with Crippen LogP contribution in [0.4, 0.5) is 17.1 Å². The van der Waals surface area contributed by atoms with Gasteiger partial charge in [0.25, 0.3) is 0 Å². The van der Waals surface area contributed by atoms with Crippen molar-refractivity contribution in [2.75, 3.05) is 0 Å². The van der Waals surface area contributed by atoms with E-state index in [0.717, 1.165) is 0 Å². The van der Waals surface area contributed by atoms with Crippen LogP contribution in [-0.4, -0.2) is 18.2 Å². The van der Waals surface area contributed by atoms with E-state index in [9.17, 15) is 14.4 Å². The average Bonchev–Trinajstić information content (AvgIpc) is 2.42. The Morgan fingerprint density at radius 1 is 0.684 bits per heavy atom. The molecule has 6 nitrogen and oxygen atoms in total. The molecule has 0 atom stereocenters. The van der Waals surface area contributed by atoms with E-state index in [1.54, 1.807) is 24.3 Å². The van der Waals surface area contributed by atoms with Gasteiger partial charge in [0.1, 0.15) is 11.4 Å². The van der Waals surface area contributed by atoms with Crippen molar-refractivity contribution in [1.29, 1.82) is 0 Å². The van der Waals surface area contributed by atoms with E-state index in [2.05, 4.69) is 15.0 Å². The van der Waals surface area contributed by atoms with Crippen molar-refractivity contribution in [2.24, 2.45) is 15.0 Å². The summed E-state index contributed by atoms with van der Waals surface area (Å²) in [5, 5.41) is 1.11. The molecule has 0 spiro atoms. The predicted molar refractivity (Wildman–Crippen MR) is 67.3 cm³/mol. The van der Waals surface area contributed by atoms with Crippen molar-refractivity contribution in [3.8, 4) is 0 Å². The van der Waals surface area contributed by atoms with Crippen molar-refractivity contribution in [3.05, 3.63) is 30.3 Å². The van der Waals surface area contributed by atoms with Crippen molar-refractivity contribution in [2.45, 2.75) is 0 Å². The molecule has 90 valence electrons. The Morgan fingerprint density at radius 2 is 1.37 bits per heavy atom. The van der Waals surface area contributed by atoms with Crippen LogP contribution in [0.3, 0.4) is 0 Å². The number of benzene rings is 2. The fourth-order valence-corrected chi connectivity index (χ4v) is 1.76. The van der Waals surface area contributed by atoms with Crippen LogP contribution >= 0.6 is 0 Å². The topological polar surface area (TPSA) is 88.3 Å². The van der Waals surface area contributed by atoms with Crippen LogP contribution in [0.5, 0.6) is 0 Å². The normalized spacial score (nSPS) is 9.05. The Morgan fingerprint density at radius 3 is 2.05 bits per heavy atom. The van der Waals surface area contributed by atoms with Gasteiger partial charge in [-0.3, -0.25) is 0 Å². The highest BCUT2D eigenvalue weighted by molar-refractivity contribution is 6.04. The predicted octanol–water partition coefficient (Wildman–Crippen LogP) is 2.74. The van der Waals surface area contributed by atoms with Crippen LogP contribution < -0.4 is 0 Å². The molecule has 19 heavy (non-hydrogen) atoms. The van der Waals surface area contributed by atoms with Gasteiger partial charge in [-0.05, 0) is 18.2 Å². The molecule has 6 heteroatoms. The van der Waals surface area contributed by atoms with Gasteiger partial charge in [0.15, 0.2) is 0 Å². The van der Waals surface area contributed by atoms with Gasteiger partial charge in [-0.25, -0.2) is 14.4 Å². The zero-order valence-electron chi connectivity index (χ0n) is 9.45. The first-order chi connectivity index (χ1) is 9.31. The highest BCUT2D eigenvalue weighted by Gasteiger charge is 2.09. The van der Waals surface area contributed by atoms with E-state index >= 15 is 0 Å². The number of nitrogens with zero attached hydrogens (tertiary/aromatic N) is 3. The largest absolute Gasteiger partial charge is 0.240 e. The van der Waals surface area contributed by atoms with E-state index in [1.807, 2.05) is 0 Å². The third kappa shape index (κ3) is 2.27. The van der Waals surface area contributed by atoms with Crippen LogP contribution in [0.15, 0.2) is 45.3 Å². The summed E-state index contributed by atoms with van der Waals surface area (Å²) in [4.78, 5) is 41.7. The summed E-state index contributed by atoms with van der Waals surface area (Å²) in [7, 11) is 0. The molecule has 0 unspecified atom stereocenters. The number of isocyanates is 3. The third-order valence-corrected chi connectivity index (χ3v) is 2.48. The lowest BCUT2D eigenvalue weighted by Gasteiger charge is -2.05. The second-order valence-electron chi connectivity index (χ2n) is 3.41. The van der Waals surface area contributed by atoms with Crippen molar-refractivity contribution < 1.29 is 14.4 Å². The highest BCUT2D eigenvalue weighted by atomic mass is 16.1. The Hall–Kier alpha value is -3.16. The monoisotopic (exact) mass is 251 g/mol. The molecule has 0 N–H and O–H groups in total. The molecule has 0 radical (unpaired) electrons. The number of hydrogen-bond acceptors (Lipinski definition) is 6. The fraction of sp³-hybridized carbons (Fsp3) is 0. The summed E-state index contributed by atoms with van der Waals surface area (Å²) >= 11 is 0. The molecule has 0 aliphatic carbocycles. The molecular weight excluding hydrogens is 246 g/mol. The number of rotatable bonds is 3. The summed E-state index contributed by atoms with van der Waals surface area (Å²) in [6.07, 6.45) is 4.24. The van der Waals surface area contributed by atoms with Gasteiger partial charge in [-0.2, -0.15) is 15.0 Å². The zero-order chi connectivity index (χ0) is 13.7. The number of aliphatic imine (C=N–C) groups is 3. The summed E-state index contributed by atoms with van der Waals surface area (Å²) in [5.74, 6) is 0. The van der Waals surface area contributed by atoms with E-state index in [1.165, 1.54) is 24.3 Å². The minimum Gasteiger partial charge on any atom is -0.211 e. The number of hydrogen-bond donors (Lipinski definition) is 0. The summed E-state index contributed by atoms with van der Waals surface area (Å²) in [6, 6.07) is 8.01. The smallest absolute Gasteiger partial charge is 0.211 e. The van der Waals surface area contributed by atoms with E-state index in [4.69, 9.17) is 0 Å². The van der Waals surface area contributed by atoms with Gasteiger partial charge in [0, 0.05) is 10.8 Å². The van der Waals surface area contributed by atoms with E-state index in [-0.39, 0.29) is 11.4 Å². The quantitative estimate of drug-likeness (QED) is 0.620. The SMILES string of the molecule is O=C=Nc1ccc2c(N=C=O)cccc2c1N=C=O. The molecular formula is C13H5N3O3. The fourth-order valence-electron chi connectivity index (χ4n) is 1.76. The van der Waals surface area contributed by atoms with Gasteiger partial charge in [0.2, 0.25) is 18.2 Å². The minimum absolute atomic E-state index is 0.179. The van der Waals surface area contributed by atoms with Crippen LogP contribution in [0.2, 0.25) is 0 Å². The maximum atomic E-state index is 10.5. The lowest BCUT2D eigenvalue weighted by atomic mass is 10.1. The molecule has 2 aromatic rings. The lowest BCUT2D eigenvalue weighted by molar-refractivity contribution is 0.564. The average molecular weight is 251 g/mol. The highest BCUT2D eigenvalue weighted by Crippen LogP contribution is 2.38. The van der Waals surface area contributed by atoms with Crippen molar-refractivity contribution in [1.82, 2.24) is 0 Å². The standard InChI is InChI=1S/C13H5N3O3/c17-6-14-11-3-1-2-10-9(11)4-5-12(15-7-18)13(10)16-8-19/h1-5H. The molecule has 0 bridgehead atoms. The Balaban J connectivity index is 2.93. The van der Waals surface area contributed by atoms with Crippen LogP contribution in [0.25, 0.3) is 10.8 Å². The molecule has 0 amide bonds. The molecule has 2 aromatic carbocycles. The van der Waals surface area contributed by atoms with Crippen molar-refractivity contribution >= 4 is 46.1 Å². The Labute approximate surface area is 106 Å². The third-order valence-electron chi connectivity index (χ3n) is 2.48. The van der Waals surface area contributed by atoms with Gasteiger partial charge < -0.3 is 0 Å². The summed E-state index contributed by atoms with van der Waals surface area (Å²) in [6.45, 7) is 0. The van der Waals surface area contributed by atoms with Crippen LogP contribution in [-0.2, 0) is 14.4 Å². The molecule has 0 aliphatic rings. The molecule has 0 heterocycles. The Bertz CT molecular complexity index is 794. The Kier molecular flexibility index (Phi) is 3.53. The van der Waals surface area contributed by atoms with Crippen molar-refractivity contribution in [3.63, 3.8) is 0 Å². The van der Waals surface area contributed by atoms with Crippen LogP contribution in [0.1, 0.15) is 0 Å². The maximum absolute atomic E-state index is 10.5. The first kappa shape index (κ1) is 12.3. The number of carbonyl (C=O) groups excluding carboxylic acids is 3. The minimum atomic E-state index is 0.179. The first-order valence-electron chi connectivity index (χ1n) is 5.11. The van der Waals surface area contributed by atoms with E-state index in [0.29, 0.717) is 16.5 Å². The number of fused-ring (bicyclic) bond motifs is 1. The van der Waals surface area contributed by atoms with Gasteiger partial charge in [-0.15, -0.1) is 0 Å². The van der Waals surface area contributed by atoms with Gasteiger partial charge in [0.05, 0.1) is 5.69 Å². The van der Waals surface area contributed by atoms with Crippen LogP contribution in [0, 0.1) is 0 Å². The molecule has 0 aromatic heterocycles. The molecule has 0 aliphatic heterocycles. The second kappa shape index (κ2) is 5.45. The summed E-state index contributed by atoms with van der Waals surface area (Å²) in [5.41, 5.74) is 0.758.